The van der Waals surface area contributed by atoms with Gasteiger partial charge in [-0.2, -0.15) is 0 Å². The van der Waals surface area contributed by atoms with Gasteiger partial charge in [-0.1, -0.05) is 12.8 Å². The number of carboxylic acid groups (broad SMARTS) is 1. The summed E-state index contributed by atoms with van der Waals surface area (Å²) < 4.78 is 0. The number of urea groups is 1. The summed E-state index contributed by atoms with van der Waals surface area (Å²) in [4.78, 5) is 28.1. The van der Waals surface area contributed by atoms with Crippen molar-refractivity contribution in [2.24, 2.45) is 0 Å². The summed E-state index contributed by atoms with van der Waals surface area (Å²) in [7, 11) is 0. The van der Waals surface area contributed by atoms with Gasteiger partial charge in [0.25, 0.3) is 0 Å². The van der Waals surface area contributed by atoms with E-state index in [2.05, 4.69) is 15.6 Å². The van der Waals surface area contributed by atoms with Crippen LogP contribution in [0.5, 0.6) is 0 Å². The highest BCUT2D eigenvalue weighted by molar-refractivity contribution is 7.11. The van der Waals surface area contributed by atoms with Gasteiger partial charge in [0.1, 0.15) is 5.54 Å². The zero-order valence-corrected chi connectivity index (χ0v) is 11.5. The van der Waals surface area contributed by atoms with E-state index in [1.54, 1.807) is 6.20 Å². The largest absolute Gasteiger partial charge is 0.480 e. The third kappa shape index (κ3) is 3.23. The van der Waals surface area contributed by atoms with Crippen molar-refractivity contribution in [2.45, 2.75) is 44.7 Å². The number of nitrogens with zero attached hydrogens (tertiary/aromatic N) is 1. The van der Waals surface area contributed by atoms with Crippen molar-refractivity contribution in [2.75, 3.05) is 0 Å². The van der Waals surface area contributed by atoms with Gasteiger partial charge in [0.15, 0.2) is 0 Å². The number of thiazole rings is 1. The molecule has 1 heterocycles. The van der Waals surface area contributed by atoms with Crippen molar-refractivity contribution >= 4 is 23.3 Å². The van der Waals surface area contributed by atoms with Gasteiger partial charge in [0.2, 0.25) is 0 Å². The zero-order chi connectivity index (χ0) is 13.9. The minimum atomic E-state index is -1.09. The van der Waals surface area contributed by atoms with Gasteiger partial charge in [0, 0.05) is 11.1 Å². The second-order valence-corrected chi connectivity index (χ2v) is 6.07. The third-order valence-corrected chi connectivity index (χ3v) is 4.22. The Hall–Kier alpha value is -1.63. The van der Waals surface area contributed by atoms with E-state index in [4.69, 9.17) is 0 Å². The summed E-state index contributed by atoms with van der Waals surface area (Å²) in [5.74, 6) is -0.950. The third-order valence-electron chi connectivity index (χ3n) is 3.31. The molecule has 2 amide bonds. The van der Waals surface area contributed by atoms with Crippen LogP contribution in [0.25, 0.3) is 0 Å². The molecule has 0 atom stereocenters. The van der Waals surface area contributed by atoms with Crippen LogP contribution in [0.4, 0.5) is 4.79 Å². The maximum atomic E-state index is 11.8. The summed E-state index contributed by atoms with van der Waals surface area (Å²) >= 11 is 1.51. The first-order valence-corrected chi connectivity index (χ1v) is 7.04. The van der Waals surface area contributed by atoms with Gasteiger partial charge in [-0.05, 0) is 19.8 Å². The van der Waals surface area contributed by atoms with Crippen LogP contribution in [0.1, 0.15) is 35.6 Å². The number of aryl methyl sites for hydroxylation is 1. The zero-order valence-electron chi connectivity index (χ0n) is 10.7. The van der Waals surface area contributed by atoms with Crippen LogP contribution < -0.4 is 10.6 Å². The van der Waals surface area contributed by atoms with E-state index < -0.39 is 17.5 Å². The molecule has 0 aliphatic heterocycles. The van der Waals surface area contributed by atoms with Crippen LogP contribution >= 0.6 is 11.3 Å². The fraction of sp³-hybridized carbons (Fsp3) is 0.583. The molecule has 2 rings (SSSR count). The number of carboxylic acids is 1. The number of carbonyl (C=O) groups is 2. The smallest absolute Gasteiger partial charge is 0.329 e. The Morgan fingerprint density at radius 2 is 2.16 bits per heavy atom. The normalized spacial score (nSPS) is 17.1. The lowest BCUT2D eigenvalue weighted by molar-refractivity contribution is -0.144. The molecule has 1 saturated carbocycles. The Morgan fingerprint density at radius 3 is 2.68 bits per heavy atom. The average Bonchev–Trinajstić information content (AvgIpc) is 2.97. The van der Waals surface area contributed by atoms with Gasteiger partial charge in [-0.15, -0.1) is 11.3 Å². The van der Waals surface area contributed by atoms with E-state index in [1.807, 2.05) is 6.92 Å². The van der Waals surface area contributed by atoms with E-state index >= 15 is 0 Å². The molecule has 7 heteroatoms. The van der Waals surface area contributed by atoms with E-state index in [0.717, 1.165) is 22.7 Å². The Kier molecular flexibility index (Phi) is 4.04. The Labute approximate surface area is 115 Å². The summed E-state index contributed by atoms with van der Waals surface area (Å²) in [6.45, 7) is 2.26. The van der Waals surface area contributed by atoms with Gasteiger partial charge in [-0.3, -0.25) is 0 Å². The minimum absolute atomic E-state index is 0.368. The van der Waals surface area contributed by atoms with E-state index in [1.165, 1.54) is 11.3 Å². The molecule has 0 aromatic carbocycles. The highest BCUT2D eigenvalue weighted by atomic mass is 32.1. The maximum Gasteiger partial charge on any atom is 0.329 e. The summed E-state index contributed by atoms with van der Waals surface area (Å²) in [5, 5.41) is 15.5. The molecule has 0 spiro atoms. The molecular formula is C12H17N3O3S. The number of carbonyl (C=O) groups excluding carboxylic acids is 1. The Balaban J connectivity index is 1.88. The maximum absolute atomic E-state index is 11.8. The molecule has 1 aliphatic carbocycles. The van der Waals surface area contributed by atoms with Crippen molar-refractivity contribution in [3.05, 3.63) is 16.1 Å². The lowest BCUT2D eigenvalue weighted by atomic mass is 9.98. The molecule has 1 aromatic heterocycles. The first-order chi connectivity index (χ1) is 9.02. The topological polar surface area (TPSA) is 91.3 Å². The Morgan fingerprint density at radius 1 is 1.47 bits per heavy atom. The highest BCUT2D eigenvalue weighted by Gasteiger charge is 2.42. The second-order valence-electron chi connectivity index (χ2n) is 4.75. The summed E-state index contributed by atoms with van der Waals surface area (Å²) in [5.41, 5.74) is -1.09. The number of hydrogen-bond donors (Lipinski definition) is 3. The monoisotopic (exact) mass is 283 g/mol. The molecule has 0 bridgehead atoms. The molecule has 0 saturated heterocycles. The fourth-order valence-electron chi connectivity index (χ4n) is 2.29. The quantitative estimate of drug-likeness (QED) is 0.783. The fourth-order valence-corrected chi connectivity index (χ4v) is 3.02. The minimum Gasteiger partial charge on any atom is -0.480 e. The molecule has 0 unspecified atom stereocenters. The van der Waals surface area contributed by atoms with Crippen molar-refractivity contribution in [3.8, 4) is 0 Å². The number of aliphatic carboxylic acids is 1. The number of rotatable bonds is 4. The van der Waals surface area contributed by atoms with Crippen LogP contribution in [-0.2, 0) is 11.3 Å². The molecule has 1 aliphatic rings. The molecule has 19 heavy (non-hydrogen) atoms. The van der Waals surface area contributed by atoms with Gasteiger partial charge in [0.05, 0.1) is 11.6 Å². The summed E-state index contributed by atoms with van der Waals surface area (Å²) in [6, 6.07) is -0.435. The van der Waals surface area contributed by atoms with Gasteiger partial charge >= 0.3 is 12.0 Å². The van der Waals surface area contributed by atoms with Crippen LogP contribution in [0, 0.1) is 6.92 Å². The first kappa shape index (κ1) is 13.8. The lowest BCUT2D eigenvalue weighted by Crippen LogP contribution is -2.55. The number of nitrogens with one attached hydrogen (secondary N) is 2. The number of amides is 2. The second kappa shape index (κ2) is 5.56. The summed E-state index contributed by atoms with van der Waals surface area (Å²) in [6.07, 6.45) is 4.37. The molecule has 1 aromatic rings. The van der Waals surface area contributed by atoms with Crippen molar-refractivity contribution < 1.29 is 14.7 Å². The van der Waals surface area contributed by atoms with Gasteiger partial charge < -0.3 is 15.7 Å². The number of aromatic nitrogens is 1. The standard InChI is InChI=1S/C12H17N3O3S/c1-8-13-6-9(19-8)7-14-11(18)15-12(10(16)17)4-2-3-5-12/h6H,2-5,7H2,1H3,(H,16,17)(H2,14,15,18). The Bertz CT molecular complexity index is 480. The van der Waals surface area contributed by atoms with Crippen molar-refractivity contribution in [1.82, 2.24) is 15.6 Å². The van der Waals surface area contributed by atoms with Crippen LogP contribution in [0.15, 0.2) is 6.20 Å². The molecule has 104 valence electrons. The van der Waals surface area contributed by atoms with E-state index in [9.17, 15) is 14.7 Å². The predicted octanol–water partition coefficient (Wildman–Crippen LogP) is 1.65. The average molecular weight is 283 g/mol. The first-order valence-electron chi connectivity index (χ1n) is 6.22. The molecule has 0 radical (unpaired) electrons. The van der Waals surface area contributed by atoms with Gasteiger partial charge in [-0.25, -0.2) is 14.6 Å². The van der Waals surface area contributed by atoms with Crippen LogP contribution in [-0.4, -0.2) is 27.6 Å². The van der Waals surface area contributed by atoms with Crippen molar-refractivity contribution in [1.29, 1.82) is 0 Å². The highest BCUT2D eigenvalue weighted by Crippen LogP contribution is 2.29. The van der Waals surface area contributed by atoms with Crippen LogP contribution in [0.2, 0.25) is 0 Å². The SMILES string of the molecule is Cc1ncc(CNC(=O)NC2(C(=O)O)CCCC2)s1. The predicted molar refractivity (Wildman–Crippen MR) is 71.1 cm³/mol. The van der Waals surface area contributed by atoms with E-state index in [0.29, 0.717) is 19.4 Å². The molecule has 1 fully saturated rings. The van der Waals surface area contributed by atoms with Crippen molar-refractivity contribution in [3.63, 3.8) is 0 Å². The molecule has 6 nitrogen and oxygen atoms in total. The lowest BCUT2D eigenvalue weighted by Gasteiger charge is -2.25. The van der Waals surface area contributed by atoms with E-state index in [-0.39, 0.29) is 0 Å². The number of hydrogen-bond acceptors (Lipinski definition) is 4. The molecular weight excluding hydrogens is 266 g/mol. The van der Waals surface area contributed by atoms with Crippen LogP contribution in [0.3, 0.4) is 0 Å². The molecule has 3 N–H and O–H groups in total.